The Morgan fingerprint density at radius 1 is 1.36 bits per heavy atom. The molecule has 0 N–H and O–H groups in total. The van der Waals surface area contributed by atoms with Crippen LogP contribution in [0.3, 0.4) is 0 Å². The molecule has 2 aromatic rings. The lowest BCUT2D eigenvalue weighted by Crippen LogP contribution is -2.41. The summed E-state index contributed by atoms with van der Waals surface area (Å²) in [7, 11) is 0. The van der Waals surface area contributed by atoms with Crippen LogP contribution < -0.4 is 0 Å². The van der Waals surface area contributed by atoms with Gasteiger partial charge in [0.15, 0.2) is 0 Å². The van der Waals surface area contributed by atoms with Gasteiger partial charge in [0, 0.05) is 12.7 Å². The molecule has 22 heavy (non-hydrogen) atoms. The third-order valence-electron chi connectivity index (χ3n) is 4.72. The van der Waals surface area contributed by atoms with Crippen LogP contribution in [0.15, 0.2) is 35.1 Å². The molecule has 0 aromatic carbocycles. The molecule has 0 unspecified atom stereocenters. The van der Waals surface area contributed by atoms with Gasteiger partial charge in [-0.2, -0.15) is 0 Å². The van der Waals surface area contributed by atoms with E-state index in [0.29, 0.717) is 12.0 Å². The van der Waals surface area contributed by atoms with Gasteiger partial charge >= 0.3 is 0 Å². The molecule has 3 atom stereocenters. The van der Waals surface area contributed by atoms with E-state index in [0.717, 1.165) is 43.3 Å². The lowest BCUT2D eigenvalue weighted by Gasteiger charge is -2.33. The Balaban J connectivity index is 1.41. The zero-order chi connectivity index (χ0) is 14.9. The van der Waals surface area contributed by atoms with Crippen LogP contribution in [-0.2, 0) is 11.3 Å². The van der Waals surface area contributed by atoms with E-state index in [1.807, 2.05) is 31.3 Å². The average Bonchev–Trinajstić information content (AvgIpc) is 3.16. The number of piperidine rings is 1. The van der Waals surface area contributed by atoms with Crippen LogP contribution in [0.5, 0.6) is 0 Å². The van der Waals surface area contributed by atoms with Gasteiger partial charge in [0.25, 0.3) is 0 Å². The first-order chi connectivity index (χ1) is 10.8. The van der Waals surface area contributed by atoms with E-state index in [1.165, 1.54) is 6.42 Å². The van der Waals surface area contributed by atoms with Crippen molar-refractivity contribution < 1.29 is 9.15 Å². The minimum Gasteiger partial charge on any atom is -0.468 e. The second-order valence-electron chi connectivity index (χ2n) is 6.29. The largest absolute Gasteiger partial charge is 0.468 e. The minimum atomic E-state index is 0.125. The molecular weight excluding hydrogens is 278 g/mol. The smallest absolute Gasteiger partial charge is 0.125 e. The third kappa shape index (κ3) is 2.78. The Hall–Kier alpha value is -1.72. The van der Waals surface area contributed by atoms with Crippen molar-refractivity contribution in [2.45, 2.75) is 38.5 Å². The molecule has 4 rings (SSSR count). The molecule has 116 valence electrons. The number of aryl methyl sites for hydroxylation is 1. The van der Waals surface area contributed by atoms with Gasteiger partial charge in [0.1, 0.15) is 17.7 Å². The molecule has 0 bridgehead atoms. The molecule has 0 radical (unpaired) electrons. The molecule has 2 aliphatic heterocycles. The molecule has 0 saturated carbocycles. The highest BCUT2D eigenvalue weighted by molar-refractivity contribution is 5.09. The fourth-order valence-electron chi connectivity index (χ4n) is 3.61. The van der Waals surface area contributed by atoms with E-state index >= 15 is 0 Å². The van der Waals surface area contributed by atoms with E-state index in [2.05, 4.69) is 14.9 Å². The molecule has 0 amide bonds. The number of furan rings is 1. The highest BCUT2D eigenvalue weighted by atomic mass is 16.5. The van der Waals surface area contributed by atoms with Crippen molar-refractivity contribution in [3.05, 3.63) is 47.9 Å². The molecule has 5 nitrogen and oxygen atoms in total. The summed E-state index contributed by atoms with van der Waals surface area (Å²) in [5.41, 5.74) is 1.03. The van der Waals surface area contributed by atoms with Crippen molar-refractivity contribution in [2.75, 3.05) is 13.1 Å². The van der Waals surface area contributed by atoms with Crippen molar-refractivity contribution in [3.8, 4) is 0 Å². The first kappa shape index (κ1) is 13.9. The molecule has 2 aliphatic rings. The summed E-state index contributed by atoms with van der Waals surface area (Å²) in [5.74, 6) is 2.49. The number of nitrogens with zero attached hydrogens (tertiary/aromatic N) is 3. The van der Waals surface area contributed by atoms with Crippen molar-refractivity contribution in [2.24, 2.45) is 5.92 Å². The summed E-state index contributed by atoms with van der Waals surface area (Å²) in [6, 6.07) is 5.96. The molecule has 2 fully saturated rings. The van der Waals surface area contributed by atoms with E-state index < -0.39 is 0 Å². The average molecular weight is 299 g/mol. The molecule has 2 saturated heterocycles. The number of rotatable bonds is 3. The Kier molecular flexibility index (Phi) is 3.68. The second-order valence-corrected chi connectivity index (χ2v) is 6.29. The lowest BCUT2D eigenvalue weighted by atomic mass is 9.91. The highest BCUT2D eigenvalue weighted by Crippen LogP contribution is 2.40. The van der Waals surface area contributed by atoms with Gasteiger partial charge in [-0.3, -0.25) is 4.90 Å². The van der Waals surface area contributed by atoms with E-state index in [1.54, 1.807) is 6.26 Å². The topological polar surface area (TPSA) is 51.4 Å². The molecule has 4 heterocycles. The normalized spacial score (nSPS) is 28.7. The summed E-state index contributed by atoms with van der Waals surface area (Å²) in [6.45, 7) is 4.89. The van der Waals surface area contributed by atoms with Crippen LogP contribution in [0.4, 0.5) is 0 Å². The van der Waals surface area contributed by atoms with Crippen LogP contribution in [0.1, 0.15) is 36.2 Å². The lowest BCUT2D eigenvalue weighted by molar-refractivity contribution is -0.0120. The van der Waals surface area contributed by atoms with Crippen LogP contribution in [0.2, 0.25) is 0 Å². The predicted octanol–water partition coefficient (Wildman–Crippen LogP) is 2.73. The fraction of sp³-hybridized carbons (Fsp3) is 0.529. The van der Waals surface area contributed by atoms with Crippen molar-refractivity contribution in [3.63, 3.8) is 0 Å². The van der Waals surface area contributed by atoms with Crippen LogP contribution in [0.25, 0.3) is 0 Å². The third-order valence-corrected chi connectivity index (χ3v) is 4.72. The number of ether oxygens (including phenoxy) is 1. The number of hydrogen-bond acceptors (Lipinski definition) is 5. The van der Waals surface area contributed by atoms with Gasteiger partial charge in [-0.1, -0.05) is 0 Å². The fourth-order valence-corrected chi connectivity index (χ4v) is 3.61. The van der Waals surface area contributed by atoms with Gasteiger partial charge in [-0.15, -0.1) is 0 Å². The van der Waals surface area contributed by atoms with Crippen molar-refractivity contribution in [1.82, 2.24) is 14.9 Å². The maximum absolute atomic E-state index is 6.29. The first-order valence-electron chi connectivity index (χ1n) is 7.97. The van der Waals surface area contributed by atoms with Crippen LogP contribution >= 0.6 is 0 Å². The van der Waals surface area contributed by atoms with Gasteiger partial charge in [-0.05, 0) is 50.4 Å². The van der Waals surface area contributed by atoms with Gasteiger partial charge < -0.3 is 9.15 Å². The van der Waals surface area contributed by atoms with E-state index in [4.69, 9.17) is 9.15 Å². The molecule has 5 heteroatoms. The van der Waals surface area contributed by atoms with Gasteiger partial charge in [0.05, 0.1) is 24.6 Å². The summed E-state index contributed by atoms with van der Waals surface area (Å²) < 4.78 is 11.7. The monoisotopic (exact) mass is 299 g/mol. The molecule has 0 aliphatic carbocycles. The second kappa shape index (κ2) is 5.82. The van der Waals surface area contributed by atoms with Crippen LogP contribution in [0, 0.1) is 12.8 Å². The summed E-state index contributed by atoms with van der Waals surface area (Å²) in [5, 5.41) is 0. The van der Waals surface area contributed by atoms with E-state index in [-0.39, 0.29) is 6.10 Å². The Morgan fingerprint density at radius 2 is 2.32 bits per heavy atom. The van der Waals surface area contributed by atoms with Crippen LogP contribution in [-0.4, -0.2) is 34.1 Å². The van der Waals surface area contributed by atoms with Crippen molar-refractivity contribution in [1.29, 1.82) is 0 Å². The molecular formula is C17H21N3O2. The SMILES string of the molecule is Cc1nccc([C@@H]2C[C@H]3CCN(Cc4ccco4)C[C@@H]3O2)n1. The van der Waals surface area contributed by atoms with Gasteiger partial charge in [-0.25, -0.2) is 9.97 Å². The Morgan fingerprint density at radius 3 is 3.14 bits per heavy atom. The zero-order valence-electron chi connectivity index (χ0n) is 12.8. The number of likely N-dealkylation sites (tertiary alicyclic amines) is 1. The van der Waals surface area contributed by atoms with E-state index in [9.17, 15) is 0 Å². The number of aromatic nitrogens is 2. The Bertz CT molecular complexity index is 629. The standard InChI is InChI=1S/C17H21N3O2/c1-12-18-6-4-15(19-12)16-9-13-5-7-20(11-17(13)22-16)10-14-3-2-8-21-14/h2-4,6,8,13,16-17H,5,7,9-11H2,1H3/t13-,16+,17+/m1/s1. The predicted molar refractivity (Wildman–Crippen MR) is 81.1 cm³/mol. The van der Waals surface area contributed by atoms with Gasteiger partial charge in [0.2, 0.25) is 0 Å². The number of fused-ring (bicyclic) bond motifs is 1. The maximum atomic E-state index is 6.29. The zero-order valence-corrected chi connectivity index (χ0v) is 12.8. The summed E-state index contributed by atoms with van der Waals surface area (Å²) in [6.07, 6.45) is 6.26. The van der Waals surface area contributed by atoms with Crippen molar-refractivity contribution >= 4 is 0 Å². The summed E-state index contributed by atoms with van der Waals surface area (Å²) in [4.78, 5) is 11.1. The molecule has 2 aromatic heterocycles. The number of hydrogen-bond donors (Lipinski definition) is 0. The highest BCUT2D eigenvalue weighted by Gasteiger charge is 2.40. The quantitative estimate of drug-likeness (QED) is 0.872. The summed E-state index contributed by atoms with van der Waals surface area (Å²) >= 11 is 0. The minimum absolute atomic E-state index is 0.125. The first-order valence-corrected chi connectivity index (χ1v) is 7.97. The maximum Gasteiger partial charge on any atom is 0.125 e. The Labute approximate surface area is 130 Å². The molecule has 0 spiro atoms.